The molecule has 1 amide bonds. The first-order valence-electron chi connectivity index (χ1n) is 6.82. The Kier molecular flexibility index (Phi) is 9.51. The Labute approximate surface area is 139 Å². The Morgan fingerprint density at radius 2 is 1.75 bits per heavy atom. The fourth-order valence-electron chi connectivity index (χ4n) is 1.52. The quantitative estimate of drug-likeness (QED) is 0.244. The first kappa shape index (κ1) is 22.9. The van der Waals surface area contributed by atoms with Gasteiger partial charge in [-0.2, -0.15) is 33.7 Å². The van der Waals surface area contributed by atoms with E-state index in [2.05, 4.69) is 5.32 Å². The smallest absolute Gasteiger partial charge is 0.453 e. The van der Waals surface area contributed by atoms with Crippen molar-refractivity contribution in [3.63, 3.8) is 0 Å². The van der Waals surface area contributed by atoms with Crippen LogP contribution in [0.25, 0.3) is 0 Å². The minimum atomic E-state index is -5.59. The maximum Gasteiger partial charge on any atom is 0.453 e. The average Bonchev–Trinajstić information content (AvgIpc) is 2.34. The molecule has 5 N–H and O–H groups in total. The number of carbonyl (C=O) groups excluding carboxylic acids is 1. The molecular weight excluding hydrogens is 363 g/mol. The van der Waals surface area contributed by atoms with Gasteiger partial charge < -0.3 is 21.3 Å². The average molecular weight is 382 g/mol. The van der Waals surface area contributed by atoms with Crippen molar-refractivity contribution in [2.24, 2.45) is 5.73 Å². The number of nitrogens with two attached hydrogens (primary N) is 1. The number of nitrogens with one attached hydrogen (secondary N) is 1. The standard InChI is InChI=1S/C12H19F5N2O4S/c13-11(14,12(15,16)17)2-4-24-3-1-8(20)19-9(21)5-7(18)6-10(22)23/h7,9,21H,1-6,18H2,(H,19,20)(H,22,23). The number of alkyl halides is 5. The van der Waals surface area contributed by atoms with E-state index in [1.54, 1.807) is 0 Å². The number of carboxylic acids is 1. The largest absolute Gasteiger partial charge is 0.481 e. The minimum Gasteiger partial charge on any atom is -0.481 e. The zero-order valence-electron chi connectivity index (χ0n) is 12.5. The molecule has 0 fully saturated rings. The number of hydrogen-bond donors (Lipinski definition) is 4. The fourth-order valence-corrected chi connectivity index (χ4v) is 2.45. The highest BCUT2D eigenvalue weighted by Crippen LogP contribution is 2.38. The Hall–Kier alpha value is -1.14. The number of halogens is 5. The van der Waals surface area contributed by atoms with Crippen molar-refractivity contribution < 1.29 is 41.8 Å². The van der Waals surface area contributed by atoms with Gasteiger partial charge in [0.1, 0.15) is 6.23 Å². The summed E-state index contributed by atoms with van der Waals surface area (Å²) in [7, 11) is 0. The third-order valence-corrected chi connectivity index (χ3v) is 3.72. The summed E-state index contributed by atoms with van der Waals surface area (Å²) in [6, 6.07) is -0.864. The monoisotopic (exact) mass is 382 g/mol. The van der Waals surface area contributed by atoms with E-state index in [1.165, 1.54) is 0 Å². The molecule has 0 bridgehead atoms. The summed E-state index contributed by atoms with van der Waals surface area (Å²) < 4.78 is 60.9. The van der Waals surface area contributed by atoms with E-state index >= 15 is 0 Å². The molecule has 24 heavy (non-hydrogen) atoms. The lowest BCUT2D eigenvalue weighted by Crippen LogP contribution is -2.40. The molecule has 6 nitrogen and oxygen atoms in total. The van der Waals surface area contributed by atoms with Crippen molar-refractivity contribution in [3.8, 4) is 0 Å². The highest BCUT2D eigenvalue weighted by atomic mass is 32.2. The van der Waals surface area contributed by atoms with Crippen LogP contribution in [-0.2, 0) is 9.59 Å². The maximum absolute atomic E-state index is 12.6. The zero-order chi connectivity index (χ0) is 19.0. The second-order valence-corrected chi connectivity index (χ2v) is 6.22. The van der Waals surface area contributed by atoms with E-state index in [0.29, 0.717) is 0 Å². The van der Waals surface area contributed by atoms with Crippen LogP contribution in [0.15, 0.2) is 0 Å². The van der Waals surface area contributed by atoms with E-state index in [1.807, 2.05) is 0 Å². The Morgan fingerprint density at radius 1 is 1.17 bits per heavy atom. The Morgan fingerprint density at radius 3 is 2.25 bits per heavy atom. The number of amides is 1. The third-order valence-electron chi connectivity index (χ3n) is 2.74. The van der Waals surface area contributed by atoms with Crippen molar-refractivity contribution >= 4 is 23.6 Å². The van der Waals surface area contributed by atoms with E-state index in [9.17, 15) is 36.6 Å². The van der Waals surface area contributed by atoms with Gasteiger partial charge in [-0.25, -0.2) is 0 Å². The van der Waals surface area contributed by atoms with Gasteiger partial charge in [0.05, 0.1) is 6.42 Å². The van der Waals surface area contributed by atoms with Gasteiger partial charge in [0.15, 0.2) is 0 Å². The van der Waals surface area contributed by atoms with Crippen molar-refractivity contribution in [1.29, 1.82) is 0 Å². The van der Waals surface area contributed by atoms with Crippen LogP contribution < -0.4 is 11.1 Å². The van der Waals surface area contributed by atoms with E-state index in [4.69, 9.17) is 10.8 Å². The number of aliphatic hydroxyl groups excluding tert-OH is 1. The maximum atomic E-state index is 12.6. The number of hydrogen-bond acceptors (Lipinski definition) is 5. The molecule has 142 valence electrons. The molecule has 0 saturated carbocycles. The molecule has 0 saturated heterocycles. The van der Waals surface area contributed by atoms with Gasteiger partial charge in [0, 0.05) is 31.1 Å². The predicted octanol–water partition coefficient (Wildman–Crippen LogP) is 1.32. The molecule has 0 aromatic carbocycles. The predicted molar refractivity (Wildman–Crippen MR) is 76.6 cm³/mol. The molecular formula is C12H19F5N2O4S. The van der Waals surface area contributed by atoms with E-state index < -0.39 is 54.8 Å². The normalized spacial score (nSPS) is 15.0. The number of aliphatic carboxylic acids is 1. The minimum absolute atomic E-state index is 0.00628. The fraction of sp³-hybridized carbons (Fsp3) is 0.833. The molecule has 0 radical (unpaired) electrons. The number of aliphatic hydroxyl groups is 1. The summed E-state index contributed by atoms with van der Waals surface area (Å²) >= 11 is 0.749. The molecule has 2 unspecified atom stereocenters. The molecule has 0 aromatic heterocycles. The highest BCUT2D eigenvalue weighted by Gasteiger charge is 2.56. The van der Waals surface area contributed by atoms with Gasteiger partial charge in [0.25, 0.3) is 0 Å². The summed E-state index contributed by atoms with van der Waals surface area (Å²) in [6.45, 7) is 0. The summed E-state index contributed by atoms with van der Waals surface area (Å²) in [5.74, 6) is -7.06. The molecule has 2 atom stereocenters. The number of thioether (sulfide) groups is 1. The van der Waals surface area contributed by atoms with Crippen molar-refractivity contribution in [1.82, 2.24) is 5.32 Å². The molecule has 0 aliphatic rings. The van der Waals surface area contributed by atoms with Crippen LogP contribution in [0, 0.1) is 0 Å². The molecule has 12 heteroatoms. The number of rotatable bonds is 11. The van der Waals surface area contributed by atoms with Crippen LogP contribution in [0.4, 0.5) is 22.0 Å². The van der Waals surface area contributed by atoms with Crippen molar-refractivity contribution in [2.75, 3.05) is 11.5 Å². The van der Waals surface area contributed by atoms with Gasteiger partial charge in [-0.05, 0) is 5.75 Å². The summed E-state index contributed by atoms with van der Waals surface area (Å²) in [5, 5.41) is 20.1. The zero-order valence-corrected chi connectivity index (χ0v) is 13.3. The lowest BCUT2D eigenvalue weighted by atomic mass is 10.1. The molecule has 0 heterocycles. The van der Waals surface area contributed by atoms with Gasteiger partial charge in [-0.1, -0.05) is 0 Å². The second-order valence-electron chi connectivity index (χ2n) is 4.99. The van der Waals surface area contributed by atoms with Gasteiger partial charge in [0.2, 0.25) is 5.91 Å². The summed E-state index contributed by atoms with van der Waals surface area (Å²) in [4.78, 5) is 21.8. The lowest BCUT2D eigenvalue weighted by Gasteiger charge is -2.19. The van der Waals surface area contributed by atoms with Crippen LogP contribution in [-0.4, -0.2) is 58.0 Å². The molecule has 0 aromatic rings. The van der Waals surface area contributed by atoms with Crippen molar-refractivity contribution in [3.05, 3.63) is 0 Å². The number of carbonyl (C=O) groups is 2. The molecule has 0 rings (SSSR count). The van der Waals surface area contributed by atoms with Crippen molar-refractivity contribution in [2.45, 2.75) is 50.1 Å². The molecule has 0 aliphatic carbocycles. The Bertz CT molecular complexity index is 423. The molecule has 0 aliphatic heterocycles. The third kappa shape index (κ3) is 9.88. The van der Waals surface area contributed by atoms with Crippen LogP contribution in [0.3, 0.4) is 0 Å². The topological polar surface area (TPSA) is 113 Å². The van der Waals surface area contributed by atoms with Gasteiger partial charge in [-0.15, -0.1) is 0 Å². The van der Waals surface area contributed by atoms with E-state index in [0.717, 1.165) is 11.8 Å². The lowest BCUT2D eigenvalue weighted by molar-refractivity contribution is -0.282. The van der Waals surface area contributed by atoms with Crippen LogP contribution >= 0.6 is 11.8 Å². The highest BCUT2D eigenvalue weighted by molar-refractivity contribution is 7.99. The Balaban J connectivity index is 3.89. The molecule has 0 spiro atoms. The second kappa shape index (κ2) is 9.99. The first-order chi connectivity index (χ1) is 10.8. The SMILES string of the molecule is NC(CC(=O)O)CC(O)NC(=O)CCSCCC(F)(F)C(F)(F)F. The van der Waals surface area contributed by atoms with Gasteiger partial charge in [-0.3, -0.25) is 9.59 Å². The summed E-state index contributed by atoms with van der Waals surface area (Å²) in [6.07, 6.45) is -9.13. The van der Waals surface area contributed by atoms with E-state index in [-0.39, 0.29) is 18.6 Å². The van der Waals surface area contributed by atoms with Gasteiger partial charge >= 0.3 is 18.1 Å². The first-order valence-corrected chi connectivity index (χ1v) is 7.97. The number of carboxylic acid groups (broad SMARTS) is 1. The summed E-state index contributed by atoms with van der Waals surface area (Å²) in [5.41, 5.74) is 5.41. The van der Waals surface area contributed by atoms with Crippen LogP contribution in [0.2, 0.25) is 0 Å². The van der Waals surface area contributed by atoms with Crippen LogP contribution in [0.1, 0.15) is 25.7 Å². The van der Waals surface area contributed by atoms with Crippen LogP contribution in [0.5, 0.6) is 0 Å².